The Morgan fingerprint density at radius 1 is 1.30 bits per heavy atom. The molecule has 2 aromatic heterocycles. The summed E-state index contributed by atoms with van der Waals surface area (Å²) in [6.07, 6.45) is 1.67. The normalized spacial score (nSPS) is 15.3. The highest BCUT2D eigenvalue weighted by Crippen LogP contribution is 2.17. The number of hydrogen-bond donors (Lipinski definition) is 1. The highest BCUT2D eigenvalue weighted by atomic mass is 16.5. The predicted molar refractivity (Wildman–Crippen MR) is 75.8 cm³/mol. The second kappa shape index (κ2) is 5.92. The zero-order chi connectivity index (χ0) is 13.8. The van der Waals surface area contributed by atoms with Gasteiger partial charge in [-0.25, -0.2) is 9.97 Å². The number of furan rings is 1. The van der Waals surface area contributed by atoms with Gasteiger partial charge in [0.2, 0.25) is 0 Å². The van der Waals surface area contributed by atoms with Gasteiger partial charge in [-0.2, -0.15) is 0 Å². The molecule has 20 heavy (non-hydrogen) atoms. The summed E-state index contributed by atoms with van der Waals surface area (Å²) in [5, 5.41) is 3.26. The molecule has 0 spiro atoms. The van der Waals surface area contributed by atoms with Crippen molar-refractivity contribution >= 4 is 11.6 Å². The van der Waals surface area contributed by atoms with Crippen molar-refractivity contribution < 1.29 is 9.15 Å². The van der Waals surface area contributed by atoms with Gasteiger partial charge in [-0.05, 0) is 19.1 Å². The van der Waals surface area contributed by atoms with Crippen LogP contribution in [0.4, 0.5) is 11.6 Å². The first-order valence-corrected chi connectivity index (χ1v) is 6.76. The van der Waals surface area contributed by atoms with Crippen LogP contribution >= 0.6 is 0 Å². The van der Waals surface area contributed by atoms with Gasteiger partial charge in [0.15, 0.2) is 0 Å². The average Bonchev–Trinajstić information content (AvgIpc) is 2.99. The van der Waals surface area contributed by atoms with Gasteiger partial charge < -0.3 is 19.4 Å². The van der Waals surface area contributed by atoms with Crippen LogP contribution in [0.15, 0.2) is 28.9 Å². The lowest BCUT2D eigenvalue weighted by atomic mass is 10.3. The Bertz CT molecular complexity index is 550. The Labute approximate surface area is 117 Å². The van der Waals surface area contributed by atoms with Gasteiger partial charge in [-0.15, -0.1) is 0 Å². The molecule has 1 aliphatic heterocycles. The minimum Gasteiger partial charge on any atom is -0.467 e. The van der Waals surface area contributed by atoms with Crippen LogP contribution in [0.3, 0.4) is 0 Å². The first-order chi connectivity index (χ1) is 9.81. The van der Waals surface area contributed by atoms with Crippen LogP contribution in [-0.4, -0.2) is 36.3 Å². The van der Waals surface area contributed by atoms with E-state index in [1.165, 1.54) is 0 Å². The van der Waals surface area contributed by atoms with Crippen LogP contribution in [0.1, 0.15) is 11.6 Å². The molecule has 0 aliphatic carbocycles. The van der Waals surface area contributed by atoms with Crippen molar-refractivity contribution in [2.75, 3.05) is 36.5 Å². The minimum atomic E-state index is 0.617. The molecule has 1 aliphatic rings. The lowest BCUT2D eigenvalue weighted by molar-refractivity contribution is 0.122. The van der Waals surface area contributed by atoms with Crippen LogP contribution in [0.5, 0.6) is 0 Å². The molecule has 0 unspecified atom stereocenters. The van der Waals surface area contributed by atoms with Crippen LogP contribution in [0.2, 0.25) is 0 Å². The van der Waals surface area contributed by atoms with Gasteiger partial charge in [0.1, 0.15) is 23.2 Å². The van der Waals surface area contributed by atoms with Crippen molar-refractivity contribution in [1.29, 1.82) is 0 Å². The smallest absolute Gasteiger partial charge is 0.134 e. The summed E-state index contributed by atoms with van der Waals surface area (Å²) in [4.78, 5) is 11.1. The van der Waals surface area contributed by atoms with Crippen LogP contribution in [-0.2, 0) is 11.3 Å². The van der Waals surface area contributed by atoms with Gasteiger partial charge in [0.25, 0.3) is 0 Å². The molecule has 0 atom stereocenters. The van der Waals surface area contributed by atoms with E-state index in [-0.39, 0.29) is 0 Å². The lowest BCUT2D eigenvalue weighted by Gasteiger charge is -2.28. The molecule has 1 N–H and O–H groups in total. The molecule has 2 aromatic rings. The number of morpholine rings is 1. The zero-order valence-electron chi connectivity index (χ0n) is 11.5. The van der Waals surface area contributed by atoms with E-state index < -0.39 is 0 Å². The summed E-state index contributed by atoms with van der Waals surface area (Å²) < 4.78 is 10.7. The fourth-order valence-corrected chi connectivity index (χ4v) is 2.19. The van der Waals surface area contributed by atoms with E-state index in [0.717, 1.165) is 49.5 Å². The SMILES string of the molecule is Cc1nc(NCc2ccco2)cc(N2CCOCC2)n1. The van der Waals surface area contributed by atoms with E-state index in [2.05, 4.69) is 20.2 Å². The molecule has 0 amide bonds. The summed E-state index contributed by atoms with van der Waals surface area (Å²) in [6.45, 7) is 5.76. The predicted octanol–water partition coefficient (Wildman–Crippen LogP) is 1.83. The molecule has 0 aromatic carbocycles. The maximum absolute atomic E-state index is 5.37. The molecule has 1 saturated heterocycles. The standard InChI is InChI=1S/C14H18N4O2/c1-11-16-13(15-10-12-3-2-6-20-12)9-14(17-11)18-4-7-19-8-5-18/h2-3,6,9H,4-5,7-8,10H2,1H3,(H,15,16,17). The number of anilines is 2. The highest BCUT2D eigenvalue weighted by molar-refractivity contribution is 5.49. The van der Waals surface area contributed by atoms with Gasteiger partial charge in [-0.1, -0.05) is 0 Å². The van der Waals surface area contributed by atoms with E-state index in [0.29, 0.717) is 6.54 Å². The molecule has 3 heterocycles. The van der Waals surface area contributed by atoms with Crippen molar-refractivity contribution in [3.63, 3.8) is 0 Å². The Kier molecular flexibility index (Phi) is 3.83. The van der Waals surface area contributed by atoms with Crippen molar-refractivity contribution in [3.8, 4) is 0 Å². The fraction of sp³-hybridized carbons (Fsp3) is 0.429. The monoisotopic (exact) mass is 274 g/mol. The number of hydrogen-bond acceptors (Lipinski definition) is 6. The van der Waals surface area contributed by atoms with Gasteiger partial charge in [-0.3, -0.25) is 0 Å². The van der Waals surface area contributed by atoms with Crippen LogP contribution < -0.4 is 10.2 Å². The summed E-state index contributed by atoms with van der Waals surface area (Å²) >= 11 is 0. The minimum absolute atomic E-state index is 0.617. The number of rotatable bonds is 4. The second-order valence-corrected chi connectivity index (χ2v) is 4.69. The zero-order valence-corrected chi connectivity index (χ0v) is 11.5. The third-order valence-corrected chi connectivity index (χ3v) is 3.18. The van der Waals surface area contributed by atoms with Crippen molar-refractivity contribution in [1.82, 2.24) is 9.97 Å². The Morgan fingerprint density at radius 2 is 2.15 bits per heavy atom. The summed E-state index contributed by atoms with van der Waals surface area (Å²) in [7, 11) is 0. The van der Waals surface area contributed by atoms with E-state index in [4.69, 9.17) is 9.15 Å². The molecule has 3 rings (SSSR count). The van der Waals surface area contributed by atoms with E-state index in [1.807, 2.05) is 25.1 Å². The highest BCUT2D eigenvalue weighted by Gasteiger charge is 2.14. The molecular formula is C14H18N4O2. The molecule has 0 saturated carbocycles. The van der Waals surface area contributed by atoms with Crippen molar-refractivity contribution in [2.24, 2.45) is 0 Å². The molecule has 6 nitrogen and oxygen atoms in total. The van der Waals surface area contributed by atoms with E-state index in [1.54, 1.807) is 6.26 Å². The molecule has 0 radical (unpaired) electrons. The molecule has 106 valence electrons. The number of ether oxygens (including phenoxy) is 1. The maximum atomic E-state index is 5.37. The van der Waals surface area contributed by atoms with E-state index >= 15 is 0 Å². The average molecular weight is 274 g/mol. The Morgan fingerprint density at radius 3 is 2.90 bits per heavy atom. The summed E-state index contributed by atoms with van der Waals surface area (Å²) in [5.74, 6) is 3.41. The fourth-order valence-electron chi connectivity index (χ4n) is 2.19. The number of aryl methyl sites for hydroxylation is 1. The van der Waals surface area contributed by atoms with Crippen LogP contribution in [0.25, 0.3) is 0 Å². The topological polar surface area (TPSA) is 63.4 Å². The number of nitrogens with zero attached hydrogens (tertiary/aromatic N) is 3. The lowest BCUT2D eigenvalue weighted by Crippen LogP contribution is -2.37. The Balaban J connectivity index is 1.72. The van der Waals surface area contributed by atoms with Gasteiger partial charge >= 0.3 is 0 Å². The van der Waals surface area contributed by atoms with Crippen molar-refractivity contribution in [2.45, 2.75) is 13.5 Å². The van der Waals surface area contributed by atoms with Crippen molar-refractivity contribution in [3.05, 3.63) is 36.0 Å². The van der Waals surface area contributed by atoms with Gasteiger partial charge in [0, 0.05) is 19.2 Å². The molecular weight excluding hydrogens is 256 g/mol. The largest absolute Gasteiger partial charge is 0.467 e. The Hall–Kier alpha value is -2.08. The quantitative estimate of drug-likeness (QED) is 0.917. The van der Waals surface area contributed by atoms with Gasteiger partial charge in [0.05, 0.1) is 26.0 Å². The van der Waals surface area contributed by atoms with Crippen LogP contribution in [0, 0.1) is 6.92 Å². The summed E-state index contributed by atoms with van der Waals surface area (Å²) in [5.41, 5.74) is 0. The number of aromatic nitrogens is 2. The first kappa shape index (κ1) is 12.9. The molecule has 0 bridgehead atoms. The third-order valence-electron chi connectivity index (χ3n) is 3.18. The van der Waals surface area contributed by atoms with E-state index in [9.17, 15) is 0 Å². The summed E-state index contributed by atoms with van der Waals surface area (Å²) in [6, 6.07) is 5.78. The molecule has 1 fully saturated rings. The third kappa shape index (κ3) is 3.08. The molecule has 6 heteroatoms. The number of nitrogens with one attached hydrogen (secondary N) is 1. The second-order valence-electron chi connectivity index (χ2n) is 4.69. The first-order valence-electron chi connectivity index (χ1n) is 6.76. The maximum Gasteiger partial charge on any atom is 0.134 e.